The number of carbonyl (C=O) groups excluding carboxylic acids is 4. The highest BCUT2D eigenvalue weighted by atomic mass is 16.6. The van der Waals surface area contributed by atoms with E-state index >= 15 is 0 Å². The molecule has 12 nitrogen and oxygen atoms in total. The van der Waals surface area contributed by atoms with Gasteiger partial charge < -0.3 is 42.2 Å². The van der Waals surface area contributed by atoms with E-state index < -0.39 is 34.5 Å². The predicted molar refractivity (Wildman–Crippen MR) is 161 cm³/mol. The van der Waals surface area contributed by atoms with E-state index in [1.165, 1.54) is 0 Å². The van der Waals surface area contributed by atoms with Gasteiger partial charge in [0.1, 0.15) is 22.3 Å². The monoisotopic (exact) mass is 586 g/mol. The smallest absolute Gasteiger partial charge is 0.408 e. The summed E-state index contributed by atoms with van der Waals surface area (Å²) in [7, 11) is 0. The van der Waals surface area contributed by atoms with Crippen molar-refractivity contribution in [2.24, 2.45) is 11.5 Å². The first-order chi connectivity index (χ1) is 18.9. The number of nitrogens with one attached hydrogen (secondary N) is 4. The topological polar surface area (TPSA) is 187 Å². The Morgan fingerprint density at radius 3 is 1.17 bits per heavy atom. The van der Waals surface area contributed by atoms with E-state index in [-0.39, 0.29) is 11.8 Å². The van der Waals surface area contributed by atoms with Crippen LogP contribution in [0.2, 0.25) is 0 Å². The summed E-state index contributed by atoms with van der Waals surface area (Å²) < 4.78 is 10.7. The number of alkyl carbamates (subject to hydrolysis) is 2. The fourth-order valence-electron chi connectivity index (χ4n) is 3.99. The van der Waals surface area contributed by atoms with E-state index in [4.69, 9.17) is 20.9 Å². The quantitative estimate of drug-likeness (QED) is 0.132. The van der Waals surface area contributed by atoms with Crippen LogP contribution in [0, 0.1) is 0 Å². The average molecular weight is 587 g/mol. The molecule has 0 fully saturated rings. The fraction of sp³-hybridized carbons (Fsp3) is 0.862. The zero-order chi connectivity index (χ0) is 31.7. The van der Waals surface area contributed by atoms with Gasteiger partial charge in [0.2, 0.25) is 11.8 Å². The minimum Gasteiger partial charge on any atom is -0.444 e. The zero-order valence-corrected chi connectivity index (χ0v) is 26.8. The molecule has 0 bridgehead atoms. The molecule has 0 saturated carbocycles. The second-order valence-electron chi connectivity index (χ2n) is 13.0. The molecule has 41 heavy (non-hydrogen) atoms. The SMILES string of the molecule is CC(C)(C)OC(=O)NC(C)(CCCCN)C(=O)NCCCCCNC(=O)C(C)(CCCCN)NC(=O)OC(C)(C)C. The van der Waals surface area contributed by atoms with E-state index in [0.717, 1.165) is 19.3 Å². The maximum atomic E-state index is 13.0. The third kappa shape index (κ3) is 17.7. The van der Waals surface area contributed by atoms with Crippen molar-refractivity contribution in [3.05, 3.63) is 0 Å². The molecule has 4 amide bonds. The Kier molecular flexibility index (Phi) is 16.9. The lowest BCUT2D eigenvalue weighted by molar-refractivity contribution is -0.127. The van der Waals surface area contributed by atoms with Crippen LogP contribution < -0.4 is 32.7 Å². The Bertz CT molecular complexity index is 760. The standard InChI is InChI=1S/C29H58N6O6/c1-26(2,3)40-24(38)34-28(7,16-10-12-18-30)22(36)32-20-14-9-15-21-33-23(37)29(8,17-11-13-19-31)35-25(39)41-27(4,5)6/h9-21,30-31H2,1-8H3,(H,32,36)(H,33,37)(H,34,38)(H,35,39). The van der Waals surface area contributed by atoms with E-state index in [2.05, 4.69) is 21.3 Å². The summed E-state index contributed by atoms with van der Waals surface area (Å²) in [5.41, 5.74) is 7.60. The highest BCUT2D eigenvalue weighted by Crippen LogP contribution is 2.18. The molecule has 0 aromatic rings. The second kappa shape index (κ2) is 18.0. The minimum atomic E-state index is -1.12. The van der Waals surface area contributed by atoms with E-state index in [0.29, 0.717) is 64.7 Å². The number of rotatable bonds is 18. The molecule has 0 saturated heterocycles. The molecule has 2 unspecified atom stereocenters. The Labute approximate surface area is 247 Å². The maximum absolute atomic E-state index is 13.0. The van der Waals surface area contributed by atoms with Crippen molar-refractivity contribution in [1.29, 1.82) is 0 Å². The average Bonchev–Trinajstić information content (AvgIpc) is 2.80. The highest BCUT2D eigenvalue weighted by Gasteiger charge is 2.37. The van der Waals surface area contributed by atoms with Crippen LogP contribution >= 0.6 is 0 Å². The third-order valence-electron chi connectivity index (χ3n) is 6.24. The van der Waals surface area contributed by atoms with Crippen LogP contribution in [-0.4, -0.2) is 72.5 Å². The normalized spacial score (nSPS) is 14.7. The molecule has 2 atom stereocenters. The van der Waals surface area contributed by atoms with Gasteiger partial charge in [0.05, 0.1) is 0 Å². The molecule has 0 aliphatic carbocycles. The molecule has 240 valence electrons. The number of unbranched alkanes of at least 4 members (excludes halogenated alkanes) is 4. The lowest BCUT2D eigenvalue weighted by Crippen LogP contribution is -2.57. The number of amides is 4. The first-order valence-corrected chi connectivity index (χ1v) is 14.9. The van der Waals surface area contributed by atoms with Crippen LogP contribution in [0.25, 0.3) is 0 Å². The van der Waals surface area contributed by atoms with Crippen molar-refractivity contribution in [2.45, 2.75) is 135 Å². The molecule has 0 aliphatic heterocycles. The summed E-state index contributed by atoms with van der Waals surface area (Å²) in [4.78, 5) is 50.8. The molecule has 0 aromatic heterocycles. The Balaban J connectivity index is 4.79. The molecule has 0 aliphatic rings. The van der Waals surface area contributed by atoms with Crippen molar-refractivity contribution in [3.63, 3.8) is 0 Å². The summed E-state index contributed by atoms with van der Waals surface area (Å²) in [6.07, 6.45) is 4.57. The molecule has 0 spiro atoms. The largest absolute Gasteiger partial charge is 0.444 e. The first-order valence-electron chi connectivity index (χ1n) is 14.9. The lowest BCUT2D eigenvalue weighted by Gasteiger charge is -2.31. The van der Waals surface area contributed by atoms with Gasteiger partial charge in [-0.1, -0.05) is 0 Å². The molecule has 0 heterocycles. The van der Waals surface area contributed by atoms with E-state index in [1.54, 1.807) is 55.4 Å². The van der Waals surface area contributed by atoms with Gasteiger partial charge in [-0.25, -0.2) is 9.59 Å². The van der Waals surface area contributed by atoms with Crippen LogP contribution in [0.5, 0.6) is 0 Å². The van der Waals surface area contributed by atoms with Crippen molar-refractivity contribution in [1.82, 2.24) is 21.3 Å². The molecule has 8 N–H and O–H groups in total. The lowest BCUT2D eigenvalue weighted by atomic mass is 9.93. The first kappa shape index (κ1) is 38.4. The predicted octanol–water partition coefficient (Wildman–Crippen LogP) is 3.21. The fourth-order valence-corrected chi connectivity index (χ4v) is 3.99. The summed E-state index contributed by atoms with van der Waals surface area (Å²) in [5, 5.41) is 11.3. The van der Waals surface area contributed by atoms with Gasteiger partial charge in [0.15, 0.2) is 0 Å². The van der Waals surface area contributed by atoms with E-state index in [1.807, 2.05) is 0 Å². The Morgan fingerprint density at radius 1 is 0.537 bits per heavy atom. The van der Waals surface area contributed by atoms with Crippen molar-refractivity contribution in [3.8, 4) is 0 Å². The number of hydrogen-bond donors (Lipinski definition) is 6. The number of nitrogens with two attached hydrogens (primary N) is 2. The Morgan fingerprint density at radius 2 is 0.878 bits per heavy atom. The van der Waals surface area contributed by atoms with Crippen LogP contribution in [0.1, 0.15) is 113 Å². The van der Waals surface area contributed by atoms with Crippen LogP contribution in [0.3, 0.4) is 0 Å². The van der Waals surface area contributed by atoms with Crippen LogP contribution in [-0.2, 0) is 19.1 Å². The minimum absolute atomic E-state index is 0.282. The van der Waals surface area contributed by atoms with Gasteiger partial charge in [-0.3, -0.25) is 9.59 Å². The molecular weight excluding hydrogens is 528 g/mol. The van der Waals surface area contributed by atoms with Gasteiger partial charge in [-0.2, -0.15) is 0 Å². The van der Waals surface area contributed by atoms with Gasteiger partial charge in [-0.15, -0.1) is 0 Å². The summed E-state index contributed by atoms with van der Waals surface area (Å²) >= 11 is 0. The van der Waals surface area contributed by atoms with Gasteiger partial charge in [0, 0.05) is 13.1 Å². The maximum Gasteiger partial charge on any atom is 0.408 e. The molecule has 0 radical (unpaired) electrons. The summed E-state index contributed by atoms with van der Waals surface area (Å²) in [5.74, 6) is -0.565. The molecule has 12 heteroatoms. The summed E-state index contributed by atoms with van der Waals surface area (Å²) in [6, 6.07) is 0. The zero-order valence-electron chi connectivity index (χ0n) is 26.8. The number of hydrogen-bond acceptors (Lipinski definition) is 8. The Hall–Kier alpha value is -2.60. The van der Waals surface area contributed by atoms with Gasteiger partial charge in [-0.05, 0) is 126 Å². The number of ether oxygens (including phenoxy) is 2. The summed E-state index contributed by atoms with van der Waals surface area (Å²) in [6.45, 7) is 15.8. The molecule has 0 rings (SSSR count). The molecule has 0 aromatic carbocycles. The number of carbonyl (C=O) groups is 4. The van der Waals surface area contributed by atoms with E-state index in [9.17, 15) is 19.2 Å². The van der Waals surface area contributed by atoms with Crippen molar-refractivity contribution >= 4 is 24.0 Å². The van der Waals surface area contributed by atoms with Gasteiger partial charge in [0.25, 0.3) is 0 Å². The third-order valence-corrected chi connectivity index (χ3v) is 6.24. The highest BCUT2D eigenvalue weighted by molar-refractivity contribution is 5.90. The second-order valence-corrected chi connectivity index (χ2v) is 13.0. The van der Waals surface area contributed by atoms with Gasteiger partial charge >= 0.3 is 12.2 Å². The molecular formula is C29H58N6O6. The van der Waals surface area contributed by atoms with Crippen LogP contribution in [0.15, 0.2) is 0 Å². The van der Waals surface area contributed by atoms with Crippen LogP contribution in [0.4, 0.5) is 9.59 Å². The van der Waals surface area contributed by atoms with Crippen molar-refractivity contribution in [2.75, 3.05) is 26.2 Å². The van der Waals surface area contributed by atoms with Crippen molar-refractivity contribution < 1.29 is 28.7 Å².